The maximum absolute atomic E-state index is 3.70. The predicted molar refractivity (Wildman–Crippen MR) is 116 cm³/mol. The molecule has 0 saturated heterocycles. The molecule has 0 fully saturated rings. The van der Waals surface area contributed by atoms with E-state index in [0.717, 1.165) is 0 Å². The van der Waals surface area contributed by atoms with Crippen LogP contribution in [-0.4, -0.2) is 26.4 Å². The minimum absolute atomic E-state index is 0.771. The van der Waals surface area contributed by atoms with Gasteiger partial charge in [0.05, 0.1) is 26.4 Å². The molecule has 0 heterocycles. The highest BCUT2D eigenvalue weighted by Crippen LogP contribution is 2.16. The molecule has 2 rings (SSSR count). The van der Waals surface area contributed by atoms with Gasteiger partial charge in [0, 0.05) is 11.4 Å². The molecule has 1 nitrogen and oxygen atoms in total. The van der Waals surface area contributed by atoms with E-state index in [1.807, 2.05) is 0 Å². The zero-order chi connectivity index (χ0) is 17.1. The Morgan fingerprint density at radius 2 is 0.957 bits per heavy atom. The van der Waals surface area contributed by atoms with Gasteiger partial charge in [0.1, 0.15) is 0 Å². The highest BCUT2D eigenvalue weighted by Gasteiger charge is 2.10. The Hall–Kier alpha value is -1.11. The van der Waals surface area contributed by atoms with Gasteiger partial charge in [-0.25, -0.2) is 0 Å². The van der Waals surface area contributed by atoms with E-state index in [0.29, 0.717) is 0 Å². The lowest BCUT2D eigenvalue weighted by molar-refractivity contribution is 1.47. The average Bonchev–Trinajstić information content (AvgIpc) is 2.46. The van der Waals surface area contributed by atoms with Gasteiger partial charge in [-0.2, -0.15) is 0 Å². The molecule has 1 N–H and O–H groups in total. The van der Waals surface area contributed by atoms with Gasteiger partial charge >= 0.3 is 0 Å². The monoisotopic (exact) mass is 357 g/mol. The van der Waals surface area contributed by atoms with E-state index in [-0.39, 0.29) is 0 Å². The van der Waals surface area contributed by atoms with Crippen LogP contribution in [0.2, 0.25) is 39.3 Å². The Bertz CT molecular complexity index is 652. The van der Waals surface area contributed by atoms with Crippen molar-refractivity contribution in [3.63, 3.8) is 0 Å². The molecule has 0 aliphatic rings. The Kier molecular flexibility index (Phi) is 6.06. The molecule has 4 heteroatoms. The van der Waals surface area contributed by atoms with Crippen molar-refractivity contribution >= 4 is 53.3 Å². The van der Waals surface area contributed by atoms with Crippen LogP contribution >= 0.6 is 0 Å². The second-order valence-corrected chi connectivity index (χ2v) is 16.5. The number of anilines is 2. The van der Waals surface area contributed by atoms with Gasteiger partial charge in [-0.15, -0.1) is 0 Å². The number of rotatable bonds is 5. The Labute approximate surface area is 147 Å². The molecule has 0 unspecified atom stereocenters. The number of aryl methyl sites for hydroxylation is 1. The van der Waals surface area contributed by atoms with Crippen molar-refractivity contribution in [2.45, 2.75) is 46.2 Å². The maximum atomic E-state index is 3.70. The lowest BCUT2D eigenvalue weighted by Gasteiger charge is -2.16. The quantitative estimate of drug-likeness (QED) is 0.812. The maximum Gasteiger partial charge on any atom is 0.0648 e. The van der Waals surface area contributed by atoms with Crippen LogP contribution in [-0.2, 0) is 0 Å². The highest BCUT2D eigenvalue weighted by molar-refractivity contribution is 6.74. The fraction of sp³-hybridized carbons (Fsp3) is 0.368. The summed E-state index contributed by atoms with van der Waals surface area (Å²) in [6, 6.07) is 14.2. The van der Waals surface area contributed by atoms with Crippen LogP contribution in [0.3, 0.4) is 0 Å². The van der Waals surface area contributed by atoms with E-state index in [1.165, 1.54) is 16.9 Å². The molecule has 0 atom stereocenters. The molecule has 0 aromatic heterocycles. The van der Waals surface area contributed by atoms with Crippen LogP contribution in [0.1, 0.15) is 5.56 Å². The van der Waals surface area contributed by atoms with Crippen molar-refractivity contribution in [2.24, 2.45) is 0 Å². The summed E-state index contributed by atoms with van der Waals surface area (Å²) < 4.78 is 0. The third-order valence-corrected chi connectivity index (χ3v) is 9.37. The first-order chi connectivity index (χ1) is 10.8. The van der Waals surface area contributed by atoms with Gasteiger partial charge in [-0.1, -0.05) is 67.0 Å². The summed E-state index contributed by atoms with van der Waals surface area (Å²) in [4.78, 5) is 0. The van der Waals surface area contributed by atoms with Crippen molar-refractivity contribution in [1.82, 2.24) is 0 Å². The first-order valence-electron chi connectivity index (χ1n) is 8.79. The van der Waals surface area contributed by atoms with E-state index in [9.17, 15) is 0 Å². The highest BCUT2D eigenvalue weighted by atomic mass is 28.3. The first-order valence-corrected chi connectivity index (χ1v) is 17.5. The Morgan fingerprint density at radius 1 is 0.565 bits per heavy atom. The van der Waals surface area contributed by atoms with E-state index in [1.54, 1.807) is 15.6 Å². The molecular weight excluding hydrogens is 326 g/mol. The third kappa shape index (κ3) is 4.93. The van der Waals surface area contributed by atoms with Gasteiger partial charge < -0.3 is 5.32 Å². The van der Waals surface area contributed by atoms with Crippen molar-refractivity contribution in [2.75, 3.05) is 5.32 Å². The Balaban J connectivity index is 2.39. The largest absolute Gasteiger partial charge is 0.356 e. The van der Waals surface area contributed by atoms with Crippen LogP contribution in [0.15, 0.2) is 36.4 Å². The number of benzene rings is 2. The summed E-state index contributed by atoms with van der Waals surface area (Å²) in [6.45, 7) is 16.7. The van der Waals surface area contributed by atoms with E-state index < -0.39 is 26.4 Å². The summed E-state index contributed by atoms with van der Waals surface area (Å²) in [5.41, 5.74) is 3.89. The molecule has 0 saturated carbocycles. The molecule has 0 aliphatic carbocycles. The predicted octanol–water partition coefficient (Wildman–Crippen LogP) is 2.82. The van der Waals surface area contributed by atoms with Gasteiger partial charge in [0.25, 0.3) is 0 Å². The molecule has 124 valence electrons. The summed E-state index contributed by atoms with van der Waals surface area (Å²) in [7, 11) is -2.33. The van der Waals surface area contributed by atoms with Crippen LogP contribution in [0.4, 0.5) is 11.4 Å². The number of hydrogen-bond acceptors (Lipinski definition) is 1. The van der Waals surface area contributed by atoms with Crippen LogP contribution in [0.5, 0.6) is 0 Å². The minimum Gasteiger partial charge on any atom is -0.356 e. The zero-order valence-corrected chi connectivity index (χ0v) is 19.2. The summed E-state index contributed by atoms with van der Waals surface area (Å²) >= 11 is 0. The lowest BCUT2D eigenvalue weighted by Crippen LogP contribution is -2.32. The molecule has 0 bridgehead atoms. The molecule has 23 heavy (non-hydrogen) atoms. The van der Waals surface area contributed by atoms with Gasteiger partial charge in [-0.05, 0) is 36.8 Å². The number of nitrogens with one attached hydrogen (secondary N) is 1. The molecule has 0 spiro atoms. The second kappa shape index (κ2) is 7.64. The van der Waals surface area contributed by atoms with Crippen LogP contribution in [0, 0.1) is 6.92 Å². The number of hydrogen-bond donors (Lipinski definition) is 1. The van der Waals surface area contributed by atoms with Crippen LogP contribution in [0.25, 0.3) is 0 Å². The van der Waals surface area contributed by atoms with E-state index >= 15 is 0 Å². The van der Waals surface area contributed by atoms with Gasteiger partial charge in [0.15, 0.2) is 0 Å². The summed E-state index contributed by atoms with van der Waals surface area (Å²) in [5.74, 6) is 0. The fourth-order valence-corrected chi connectivity index (χ4v) is 6.18. The minimum atomic E-state index is -0.781. The molecule has 0 aliphatic heterocycles. The lowest BCUT2D eigenvalue weighted by atomic mass is 10.2. The molecule has 0 amide bonds. The molecule has 2 aromatic carbocycles. The summed E-state index contributed by atoms with van der Waals surface area (Å²) in [5, 5.41) is 8.40. The van der Waals surface area contributed by atoms with Crippen molar-refractivity contribution in [3.05, 3.63) is 42.0 Å². The van der Waals surface area contributed by atoms with Crippen LogP contribution < -0.4 is 20.9 Å². The van der Waals surface area contributed by atoms with Gasteiger partial charge in [-0.3, -0.25) is 0 Å². The van der Waals surface area contributed by atoms with Crippen molar-refractivity contribution < 1.29 is 0 Å². The van der Waals surface area contributed by atoms with Crippen molar-refractivity contribution in [1.29, 1.82) is 0 Å². The van der Waals surface area contributed by atoms with E-state index in [4.69, 9.17) is 0 Å². The average molecular weight is 358 g/mol. The molecule has 2 aromatic rings. The first kappa shape index (κ1) is 18.2. The topological polar surface area (TPSA) is 12.0 Å². The Morgan fingerprint density at radius 3 is 1.39 bits per heavy atom. The standard InChI is InChI=1S/C19H31NSi3/c1-14-8-15(10-17(9-14)21(2)3)20-16-11-18(22(4)5)13-19(12-16)23(6)7/h8-13,20-23H,1-7H3. The molecule has 0 radical (unpaired) electrons. The van der Waals surface area contributed by atoms with Crippen molar-refractivity contribution in [3.8, 4) is 0 Å². The normalized spacial score (nSPS) is 11.6. The zero-order valence-electron chi connectivity index (χ0n) is 15.7. The third-order valence-electron chi connectivity index (χ3n) is 4.37. The SMILES string of the molecule is Cc1cc(Nc2cc([SiH](C)C)cc([SiH](C)C)c2)cc([SiH](C)C)c1. The second-order valence-electron chi connectivity index (χ2n) is 7.61. The summed E-state index contributed by atoms with van der Waals surface area (Å²) in [6.07, 6.45) is 0. The van der Waals surface area contributed by atoms with E-state index in [2.05, 4.69) is 87.9 Å². The van der Waals surface area contributed by atoms with Gasteiger partial charge in [0.2, 0.25) is 0 Å². The fourth-order valence-electron chi connectivity index (χ4n) is 2.80. The smallest absolute Gasteiger partial charge is 0.0648 e. The molecular formula is C19H31NSi3.